The van der Waals surface area contributed by atoms with Gasteiger partial charge in [-0.3, -0.25) is 9.36 Å². The summed E-state index contributed by atoms with van der Waals surface area (Å²) in [5.74, 6) is 0.717. The zero-order valence-electron chi connectivity index (χ0n) is 16.8. The minimum Gasteiger partial charge on any atom is -0.318 e. The summed E-state index contributed by atoms with van der Waals surface area (Å²) in [4.78, 5) is 30.9. The molecular formula is C22H20Cl2N4O2. The fourth-order valence-electron chi connectivity index (χ4n) is 3.62. The van der Waals surface area contributed by atoms with Crippen LogP contribution in [0.5, 0.6) is 0 Å². The molecule has 0 amide bonds. The van der Waals surface area contributed by atoms with Crippen LogP contribution < -0.4 is 11.2 Å². The molecular weight excluding hydrogens is 423 g/mol. The Labute approximate surface area is 182 Å². The van der Waals surface area contributed by atoms with Gasteiger partial charge in [-0.05, 0) is 36.2 Å². The van der Waals surface area contributed by atoms with Crippen LogP contribution in [0.4, 0.5) is 0 Å². The number of hydrogen-bond donors (Lipinski definition) is 0. The van der Waals surface area contributed by atoms with E-state index in [-0.39, 0.29) is 5.65 Å². The number of nitrogens with zero attached hydrogens (tertiary/aromatic N) is 4. The van der Waals surface area contributed by atoms with E-state index in [0.29, 0.717) is 34.2 Å². The molecule has 0 fully saturated rings. The maximum absolute atomic E-state index is 13.1. The van der Waals surface area contributed by atoms with Crippen molar-refractivity contribution in [2.45, 2.75) is 26.8 Å². The second-order valence-corrected chi connectivity index (χ2v) is 7.99. The van der Waals surface area contributed by atoms with Gasteiger partial charge in [0.1, 0.15) is 5.82 Å². The van der Waals surface area contributed by atoms with Crippen molar-refractivity contribution < 1.29 is 0 Å². The van der Waals surface area contributed by atoms with Gasteiger partial charge in [-0.2, -0.15) is 0 Å². The average Bonchev–Trinajstić information content (AvgIpc) is 3.07. The van der Waals surface area contributed by atoms with Crippen molar-refractivity contribution in [2.75, 3.05) is 0 Å². The van der Waals surface area contributed by atoms with Crippen LogP contribution in [0, 0.1) is 6.92 Å². The van der Waals surface area contributed by atoms with Crippen LogP contribution >= 0.6 is 23.2 Å². The second-order valence-electron chi connectivity index (χ2n) is 7.14. The van der Waals surface area contributed by atoms with Crippen LogP contribution in [-0.4, -0.2) is 18.7 Å². The molecule has 2 aromatic carbocycles. The molecule has 6 nitrogen and oxygen atoms in total. The minimum atomic E-state index is -0.514. The molecule has 30 heavy (non-hydrogen) atoms. The summed E-state index contributed by atoms with van der Waals surface area (Å²) in [7, 11) is 1.46. The molecule has 0 aliphatic carbocycles. The predicted octanol–water partition coefficient (Wildman–Crippen LogP) is 4.11. The summed E-state index contributed by atoms with van der Waals surface area (Å²) >= 11 is 12.4. The van der Waals surface area contributed by atoms with Gasteiger partial charge in [-0.15, -0.1) is 0 Å². The van der Waals surface area contributed by atoms with E-state index in [1.54, 1.807) is 18.2 Å². The largest absolute Gasteiger partial charge is 0.337 e. The maximum Gasteiger partial charge on any atom is 0.337 e. The van der Waals surface area contributed by atoms with Crippen molar-refractivity contribution in [2.24, 2.45) is 7.05 Å². The quantitative estimate of drug-likeness (QED) is 0.477. The molecule has 4 rings (SSSR count). The smallest absolute Gasteiger partial charge is 0.318 e. The molecule has 0 saturated heterocycles. The van der Waals surface area contributed by atoms with Gasteiger partial charge in [0.05, 0.1) is 10.7 Å². The first-order valence-corrected chi connectivity index (χ1v) is 10.3. The Kier molecular flexibility index (Phi) is 5.30. The number of imidazole rings is 1. The van der Waals surface area contributed by atoms with Crippen molar-refractivity contribution in [1.82, 2.24) is 18.7 Å². The number of hydrogen-bond acceptors (Lipinski definition) is 3. The summed E-state index contributed by atoms with van der Waals surface area (Å²) in [5, 5.41) is 0.758. The van der Waals surface area contributed by atoms with E-state index >= 15 is 0 Å². The van der Waals surface area contributed by atoms with Gasteiger partial charge in [0.15, 0.2) is 11.2 Å². The van der Waals surface area contributed by atoms with E-state index in [1.807, 2.05) is 42.7 Å². The van der Waals surface area contributed by atoms with Crippen LogP contribution in [0.2, 0.25) is 10.0 Å². The Hall–Kier alpha value is -2.83. The first-order valence-electron chi connectivity index (χ1n) is 9.54. The Morgan fingerprint density at radius 1 is 1.07 bits per heavy atom. The van der Waals surface area contributed by atoms with Gasteiger partial charge in [0.25, 0.3) is 5.56 Å². The lowest BCUT2D eigenvalue weighted by Crippen LogP contribution is -2.38. The minimum absolute atomic E-state index is 0.290. The normalized spacial score (nSPS) is 11.4. The first kappa shape index (κ1) is 20.4. The molecule has 8 heteroatoms. The third-order valence-corrected chi connectivity index (χ3v) is 5.82. The zero-order chi connectivity index (χ0) is 21.6. The lowest BCUT2D eigenvalue weighted by molar-refractivity contribution is 0.724. The Morgan fingerprint density at radius 2 is 1.80 bits per heavy atom. The van der Waals surface area contributed by atoms with Crippen LogP contribution in [0.1, 0.15) is 23.9 Å². The van der Waals surface area contributed by atoms with Gasteiger partial charge in [-0.25, -0.2) is 14.3 Å². The van der Waals surface area contributed by atoms with E-state index < -0.39 is 11.2 Å². The molecule has 2 aromatic heterocycles. The SMILES string of the molecule is CCc1nc2c(c(=O)n(C)c(=O)n2-c2ccc(Cl)cc2Cl)n1Cc1ccccc1C. The molecule has 154 valence electrons. The summed E-state index contributed by atoms with van der Waals surface area (Å²) in [6, 6.07) is 12.9. The standard InChI is InChI=1S/C22H20Cl2N4O2/c1-4-18-25-20-19(27(18)12-14-8-6-5-7-13(14)2)21(29)26(3)22(30)28(20)17-10-9-15(23)11-16(17)24/h5-11H,4,12H2,1-3H3. The number of aromatic nitrogens is 4. The number of benzene rings is 2. The lowest BCUT2D eigenvalue weighted by Gasteiger charge is -2.13. The fraction of sp³-hybridized carbons (Fsp3) is 0.227. The molecule has 4 aromatic rings. The molecule has 0 bridgehead atoms. The summed E-state index contributed by atoms with van der Waals surface area (Å²) in [6.45, 7) is 4.48. The number of rotatable bonds is 4. The number of fused-ring (bicyclic) bond motifs is 1. The molecule has 0 spiro atoms. The third kappa shape index (κ3) is 3.26. The monoisotopic (exact) mass is 442 g/mol. The topological polar surface area (TPSA) is 61.8 Å². The van der Waals surface area contributed by atoms with Crippen molar-refractivity contribution >= 4 is 34.4 Å². The molecule has 2 heterocycles. The van der Waals surface area contributed by atoms with Gasteiger partial charge in [0.2, 0.25) is 0 Å². The van der Waals surface area contributed by atoms with E-state index in [2.05, 4.69) is 4.98 Å². The lowest BCUT2D eigenvalue weighted by atomic mass is 10.1. The molecule has 0 N–H and O–H groups in total. The van der Waals surface area contributed by atoms with E-state index in [4.69, 9.17) is 23.2 Å². The highest BCUT2D eigenvalue weighted by atomic mass is 35.5. The van der Waals surface area contributed by atoms with Crippen molar-refractivity contribution in [3.05, 3.63) is 90.3 Å². The van der Waals surface area contributed by atoms with Crippen LogP contribution in [0.25, 0.3) is 16.9 Å². The number of halogens is 2. The Balaban J connectivity index is 2.09. The van der Waals surface area contributed by atoms with Crippen molar-refractivity contribution in [1.29, 1.82) is 0 Å². The predicted molar refractivity (Wildman–Crippen MR) is 120 cm³/mol. The maximum atomic E-state index is 13.1. The van der Waals surface area contributed by atoms with Crippen LogP contribution in [-0.2, 0) is 20.0 Å². The van der Waals surface area contributed by atoms with Crippen molar-refractivity contribution in [3.63, 3.8) is 0 Å². The molecule has 0 aliphatic heterocycles. The van der Waals surface area contributed by atoms with Gasteiger partial charge in [-0.1, -0.05) is 54.4 Å². The summed E-state index contributed by atoms with van der Waals surface area (Å²) < 4.78 is 4.35. The summed E-state index contributed by atoms with van der Waals surface area (Å²) in [6.07, 6.45) is 0.603. The van der Waals surface area contributed by atoms with Gasteiger partial charge in [0, 0.05) is 25.0 Å². The van der Waals surface area contributed by atoms with Gasteiger partial charge < -0.3 is 4.57 Å². The second kappa shape index (κ2) is 7.78. The third-order valence-electron chi connectivity index (χ3n) is 5.28. The van der Waals surface area contributed by atoms with E-state index in [1.165, 1.54) is 11.6 Å². The van der Waals surface area contributed by atoms with Crippen LogP contribution in [0.3, 0.4) is 0 Å². The van der Waals surface area contributed by atoms with Crippen molar-refractivity contribution in [3.8, 4) is 5.69 Å². The highest BCUT2D eigenvalue weighted by Gasteiger charge is 2.22. The summed E-state index contributed by atoms with van der Waals surface area (Å²) in [5.41, 5.74) is 2.37. The molecule has 0 atom stereocenters. The molecule has 0 aliphatic rings. The van der Waals surface area contributed by atoms with Gasteiger partial charge >= 0.3 is 5.69 Å². The average molecular weight is 443 g/mol. The Bertz CT molecular complexity index is 1400. The number of aryl methyl sites for hydroxylation is 2. The Morgan fingerprint density at radius 3 is 2.47 bits per heavy atom. The molecule has 0 saturated carbocycles. The highest BCUT2D eigenvalue weighted by molar-refractivity contribution is 6.35. The molecule has 0 radical (unpaired) electrons. The van der Waals surface area contributed by atoms with E-state index in [0.717, 1.165) is 21.5 Å². The highest BCUT2D eigenvalue weighted by Crippen LogP contribution is 2.26. The zero-order valence-corrected chi connectivity index (χ0v) is 18.3. The van der Waals surface area contributed by atoms with Crippen LogP contribution in [0.15, 0.2) is 52.1 Å². The molecule has 0 unspecified atom stereocenters. The fourth-order valence-corrected chi connectivity index (χ4v) is 4.11. The van der Waals surface area contributed by atoms with E-state index in [9.17, 15) is 9.59 Å². The first-order chi connectivity index (χ1) is 14.3.